The van der Waals surface area contributed by atoms with Gasteiger partial charge < -0.3 is 5.32 Å². The first-order valence-corrected chi connectivity index (χ1v) is 5.33. The highest BCUT2D eigenvalue weighted by Crippen LogP contribution is 2.06. The van der Waals surface area contributed by atoms with Crippen molar-refractivity contribution in [1.29, 1.82) is 0 Å². The van der Waals surface area contributed by atoms with Crippen LogP contribution in [0.15, 0.2) is 0 Å². The van der Waals surface area contributed by atoms with E-state index in [1.165, 1.54) is 45.4 Å². The summed E-state index contributed by atoms with van der Waals surface area (Å²) in [5.41, 5.74) is 0. The second kappa shape index (κ2) is 5.55. The standard InChI is InChI=1S/C10H22N2/c1-3-5-6-7-12(4-2)10-8-11-9-10/h10-11H,3-9H2,1-2H3. The molecule has 1 saturated heterocycles. The number of nitrogens with zero attached hydrogens (tertiary/aromatic N) is 1. The third-order valence-electron chi connectivity index (χ3n) is 2.73. The molecule has 0 atom stereocenters. The lowest BCUT2D eigenvalue weighted by Crippen LogP contribution is -2.57. The summed E-state index contributed by atoms with van der Waals surface area (Å²) >= 11 is 0. The van der Waals surface area contributed by atoms with Crippen molar-refractivity contribution in [1.82, 2.24) is 10.2 Å². The van der Waals surface area contributed by atoms with Gasteiger partial charge in [-0.3, -0.25) is 4.90 Å². The van der Waals surface area contributed by atoms with Gasteiger partial charge >= 0.3 is 0 Å². The SMILES string of the molecule is CCCCCN(CC)C1CNC1. The molecule has 0 aromatic carbocycles. The van der Waals surface area contributed by atoms with Gasteiger partial charge in [-0.2, -0.15) is 0 Å². The van der Waals surface area contributed by atoms with Crippen molar-refractivity contribution < 1.29 is 0 Å². The van der Waals surface area contributed by atoms with Gasteiger partial charge in [-0.1, -0.05) is 26.7 Å². The fourth-order valence-corrected chi connectivity index (χ4v) is 1.70. The minimum atomic E-state index is 0.840. The predicted octanol–water partition coefficient (Wildman–Crippen LogP) is 1.47. The van der Waals surface area contributed by atoms with Crippen LogP contribution in [0.25, 0.3) is 0 Å². The molecule has 1 aliphatic rings. The molecule has 0 aliphatic carbocycles. The van der Waals surface area contributed by atoms with Gasteiger partial charge in [0.15, 0.2) is 0 Å². The maximum Gasteiger partial charge on any atom is 0.0345 e. The van der Waals surface area contributed by atoms with Gasteiger partial charge in [0, 0.05) is 19.1 Å². The average molecular weight is 170 g/mol. The largest absolute Gasteiger partial charge is 0.314 e. The molecule has 72 valence electrons. The maximum absolute atomic E-state index is 3.32. The molecule has 0 bridgehead atoms. The van der Waals surface area contributed by atoms with Crippen LogP contribution in [-0.2, 0) is 0 Å². The quantitative estimate of drug-likeness (QED) is 0.607. The number of hydrogen-bond acceptors (Lipinski definition) is 2. The van der Waals surface area contributed by atoms with Gasteiger partial charge in [-0.25, -0.2) is 0 Å². The lowest BCUT2D eigenvalue weighted by Gasteiger charge is -2.37. The molecular weight excluding hydrogens is 148 g/mol. The zero-order valence-electron chi connectivity index (χ0n) is 8.47. The van der Waals surface area contributed by atoms with Crippen molar-refractivity contribution >= 4 is 0 Å². The Hall–Kier alpha value is -0.0800. The molecule has 0 spiro atoms. The number of likely N-dealkylation sites (N-methyl/N-ethyl adjacent to an activating group) is 1. The first-order valence-electron chi connectivity index (χ1n) is 5.33. The Kier molecular flexibility index (Phi) is 4.62. The molecule has 0 saturated carbocycles. The third-order valence-corrected chi connectivity index (χ3v) is 2.73. The summed E-state index contributed by atoms with van der Waals surface area (Å²) in [4.78, 5) is 2.60. The Morgan fingerprint density at radius 2 is 2.00 bits per heavy atom. The monoisotopic (exact) mass is 170 g/mol. The van der Waals surface area contributed by atoms with E-state index >= 15 is 0 Å². The first kappa shape index (κ1) is 10.0. The van der Waals surface area contributed by atoms with Crippen LogP contribution in [0.2, 0.25) is 0 Å². The van der Waals surface area contributed by atoms with E-state index in [1.807, 2.05) is 0 Å². The maximum atomic E-state index is 3.32. The molecule has 2 heteroatoms. The van der Waals surface area contributed by atoms with Crippen LogP contribution in [0.3, 0.4) is 0 Å². The topological polar surface area (TPSA) is 15.3 Å². The summed E-state index contributed by atoms with van der Waals surface area (Å²) in [5, 5.41) is 3.32. The lowest BCUT2D eigenvalue weighted by molar-refractivity contribution is 0.150. The lowest BCUT2D eigenvalue weighted by atomic mass is 10.1. The van der Waals surface area contributed by atoms with Crippen LogP contribution in [0, 0.1) is 0 Å². The second-order valence-corrected chi connectivity index (χ2v) is 3.65. The Morgan fingerprint density at radius 1 is 1.25 bits per heavy atom. The number of rotatable bonds is 6. The van der Waals surface area contributed by atoms with Crippen molar-refractivity contribution in [2.75, 3.05) is 26.2 Å². The van der Waals surface area contributed by atoms with Gasteiger partial charge in [0.05, 0.1) is 0 Å². The molecule has 1 fully saturated rings. The fourth-order valence-electron chi connectivity index (χ4n) is 1.70. The molecule has 0 amide bonds. The fraction of sp³-hybridized carbons (Fsp3) is 1.00. The highest BCUT2D eigenvalue weighted by atomic mass is 15.2. The summed E-state index contributed by atoms with van der Waals surface area (Å²) in [6.07, 6.45) is 4.10. The van der Waals surface area contributed by atoms with Crippen molar-refractivity contribution in [2.45, 2.75) is 39.2 Å². The normalized spacial score (nSPS) is 18.2. The van der Waals surface area contributed by atoms with Crippen molar-refractivity contribution in [3.8, 4) is 0 Å². The molecule has 1 aliphatic heterocycles. The number of nitrogens with one attached hydrogen (secondary N) is 1. The zero-order valence-corrected chi connectivity index (χ0v) is 8.47. The van der Waals surface area contributed by atoms with Crippen LogP contribution in [0.1, 0.15) is 33.1 Å². The molecule has 1 N–H and O–H groups in total. The van der Waals surface area contributed by atoms with Crippen molar-refractivity contribution in [3.63, 3.8) is 0 Å². The molecule has 1 heterocycles. The molecule has 1 rings (SSSR count). The van der Waals surface area contributed by atoms with Crippen LogP contribution in [0.5, 0.6) is 0 Å². The minimum Gasteiger partial charge on any atom is -0.314 e. The van der Waals surface area contributed by atoms with E-state index in [2.05, 4.69) is 24.1 Å². The molecule has 0 unspecified atom stereocenters. The van der Waals surface area contributed by atoms with E-state index in [1.54, 1.807) is 0 Å². The van der Waals surface area contributed by atoms with E-state index < -0.39 is 0 Å². The van der Waals surface area contributed by atoms with Gasteiger partial charge in [-0.05, 0) is 19.5 Å². The van der Waals surface area contributed by atoms with Gasteiger partial charge in [0.1, 0.15) is 0 Å². The molecule has 12 heavy (non-hydrogen) atoms. The summed E-state index contributed by atoms with van der Waals surface area (Å²) in [7, 11) is 0. The van der Waals surface area contributed by atoms with E-state index in [-0.39, 0.29) is 0 Å². The summed E-state index contributed by atoms with van der Waals surface area (Å²) in [6.45, 7) is 9.47. The summed E-state index contributed by atoms with van der Waals surface area (Å²) in [6, 6.07) is 0.840. The summed E-state index contributed by atoms with van der Waals surface area (Å²) in [5.74, 6) is 0. The van der Waals surface area contributed by atoms with E-state index in [0.717, 1.165) is 6.04 Å². The predicted molar refractivity (Wildman–Crippen MR) is 53.4 cm³/mol. The highest BCUT2D eigenvalue weighted by Gasteiger charge is 2.22. The zero-order chi connectivity index (χ0) is 8.81. The van der Waals surface area contributed by atoms with E-state index in [9.17, 15) is 0 Å². The Morgan fingerprint density at radius 3 is 2.42 bits per heavy atom. The summed E-state index contributed by atoms with van der Waals surface area (Å²) < 4.78 is 0. The van der Waals surface area contributed by atoms with Crippen molar-refractivity contribution in [2.24, 2.45) is 0 Å². The molecule has 2 nitrogen and oxygen atoms in total. The molecular formula is C10H22N2. The number of unbranched alkanes of at least 4 members (excludes halogenated alkanes) is 2. The second-order valence-electron chi connectivity index (χ2n) is 3.65. The Bertz CT molecular complexity index is 110. The van der Waals surface area contributed by atoms with Crippen LogP contribution in [-0.4, -0.2) is 37.1 Å². The van der Waals surface area contributed by atoms with Gasteiger partial charge in [-0.15, -0.1) is 0 Å². The van der Waals surface area contributed by atoms with Gasteiger partial charge in [0.25, 0.3) is 0 Å². The van der Waals surface area contributed by atoms with E-state index in [0.29, 0.717) is 0 Å². The average Bonchev–Trinajstić information content (AvgIpc) is 1.99. The van der Waals surface area contributed by atoms with Crippen molar-refractivity contribution in [3.05, 3.63) is 0 Å². The van der Waals surface area contributed by atoms with Crippen LogP contribution in [0.4, 0.5) is 0 Å². The minimum absolute atomic E-state index is 0.840. The van der Waals surface area contributed by atoms with Crippen LogP contribution < -0.4 is 5.32 Å². The molecule has 0 radical (unpaired) electrons. The Balaban J connectivity index is 2.07. The highest BCUT2D eigenvalue weighted by molar-refractivity contribution is 4.83. The van der Waals surface area contributed by atoms with Gasteiger partial charge in [0.2, 0.25) is 0 Å². The van der Waals surface area contributed by atoms with E-state index in [4.69, 9.17) is 0 Å². The third kappa shape index (κ3) is 2.76. The molecule has 0 aromatic rings. The van der Waals surface area contributed by atoms with Crippen LogP contribution >= 0.6 is 0 Å². The molecule has 0 aromatic heterocycles. The number of hydrogen-bond donors (Lipinski definition) is 1. The Labute approximate surface area is 76.3 Å². The smallest absolute Gasteiger partial charge is 0.0345 e. The first-order chi connectivity index (χ1) is 5.88.